The van der Waals surface area contributed by atoms with E-state index in [4.69, 9.17) is 25.9 Å². The molecule has 0 atom stereocenters. The smallest absolute Gasteiger partial charge is 0.339 e. The molecule has 25 heavy (non-hydrogen) atoms. The van der Waals surface area contributed by atoms with Crippen LogP contribution in [-0.4, -0.2) is 42.1 Å². The van der Waals surface area contributed by atoms with Crippen LogP contribution in [0.4, 0.5) is 0 Å². The quantitative estimate of drug-likeness (QED) is 0.721. The van der Waals surface area contributed by atoms with Crippen LogP contribution in [0.25, 0.3) is 0 Å². The van der Waals surface area contributed by atoms with Crippen molar-refractivity contribution in [3.05, 3.63) is 52.4 Å². The van der Waals surface area contributed by atoms with Gasteiger partial charge in [0.25, 0.3) is 5.91 Å². The molecule has 1 heterocycles. The van der Waals surface area contributed by atoms with Gasteiger partial charge in [0.1, 0.15) is 17.1 Å². The zero-order valence-corrected chi connectivity index (χ0v) is 14.9. The molecule has 1 N–H and O–H groups in total. The number of carbonyl (C=O) groups excluding carboxylic acids is 1. The van der Waals surface area contributed by atoms with E-state index in [9.17, 15) is 9.59 Å². The van der Waals surface area contributed by atoms with Crippen molar-refractivity contribution < 1.29 is 23.8 Å². The summed E-state index contributed by atoms with van der Waals surface area (Å²) >= 11 is 5.81. The number of benzene rings is 1. The van der Waals surface area contributed by atoms with Gasteiger partial charge in [-0.2, -0.15) is 0 Å². The lowest BCUT2D eigenvalue weighted by atomic mass is 10.2. The minimum absolute atomic E-state index is 0.0327. The highest BCUT2D eigenvalue weighted by molar-refractivity contribution is 6.30. The lowest BCUT2D eigenvalue weighted by molar-refractivity contribution is 0.0692. The van der Waals surface area contributed by atoms with Crippen LogP contribution in [0.15, 0.2) is 34.7 Å². The number of aromatic carboxylic acids is 1. The number of aryl methyl sites for hydroxylation is 1. The van der Waals surface area contributed by atoms with E-state index in [-0.39, 0.29) is 17.2 Å². The van der Waals surface area contributed by atoms with Crippen molar-refractivity contribution in [3.8, 4) is 5.75 Å². The normalized spacial score (nSPS) is 10.5. The molecule has 0 bridgehead atoms. The summed E-state index contributed by atoms with van der Waals surface area (Å²) in [6.45, 7) is 2.67. The fourth-order valence-corrected chi connectivity index (χ4v) is 2.42. The van der Waals surface area contributed by atoms with Gasteiger partial charge in [0.05, 0.1) is 6.61 Å². The first-order chi connectivity index (χ1) is 11.9. The van der Waals surface area contributed by atoms with Gasteiger partial charge in [-0.15, -0.1) is 0 Å². The molecule has 2 aromatic rings. The zero-order chi connectivity index (χ0) is 18.4. The summed E-state index contributed by atoms with van der Waals surface area (Å²) in [4.78, 5) is 25.0. The molecule has 0 aliphatic heterocycles. The Hall–Kier alpha value is -2.47. The number of rotatable bonds is 8. The molecular weight excluding hydrogens is 346 g/mol. The van der Waals surface area contributed by atoms with Crippen LogP contribution in [0.1, 0.15) is 40.0 Å². The highest BCUT2D eigenvalue weighted by atomic mass is 35.5. The molecule has 2 rings (SSSR count). The molecule has 0 unspecified atom stereocenters. The van der Waals surface area contributed by atoms with Crippen molar-refractivity contribution in [1.29, 1.82) is 0 Å². The third-order valence-corrected chi connectivity index (χ3v) is 3.89. The van der Waals surface area contributed by atoms with E-state index in [1.165, 1.54) is 11.0 Å². The third-order valence-electron chi connectivity index (χ3n) is 3.64. The molecule has 1 amide bonds. The van der Waals surface area contributed by atoms with Gasteiger partial charge >= 0.3 is 5.97 Å². The summed E-state index contributed by atoms with van der Waals surface area (Å²) in [6, 6.07) is 8.33. The number of furan rings is 1. The maximum atomic E-state index is 12.3. The van der Waals surface area contributed by atoms with Gasteiger partial charge in [-0.05, 0) is 30.7 Å². The fourth-order valence-electron chi connectivity index (χ4n) is 2.29. The van der Waals surface area contributed by atoms with E-state index in [0.717, 1.165) is 0 Å². The average molecular weight is 366 g/mol. The van der Waals surface area contributed by atoms with Crippen LogP contribution < -0.4 is 4.74 Å². The second kappa shape index (κ2) is 8.58. The molecule has 0 radical (unpaired) electrons. The Morgan fingerprint density at radius 1 is 1.28 bits per heavy atom. The SMILES string of the molecule is CCc1oc(C(=O)N(C)CCCOc2ccc(Cl)cc2)cc1C(=O)O. The lowest BCUT2D eigenvalue weighted by Crippen LogP contribution is -2.28. The Morgan fingerprint density at radius 2 is 1.96 bits per heavy atom. The maximum absolute atomic E-state index is 12.3. The molecular formula is C18H20ClNO5. The number of ether oxygens (including phenoxy) is 1. The van der Waals surface area contributed by atoms with E-state index in [1.807, 2.05) is 0 Å². The number of halogens is 1. The Bertz CT molecular complexity index is 738. The average Bonchev–Trinajstić information content (AvgIpc) is 3.04. The van der Waals surface area contributed by atoms with Crippen molar-refractivity contribution >= 4 is 23.5 Å². The maximum Gasteiger partial charge on any atom is 0.339 e. The lowest BCUT2D eigenvalue weighted by Gasteiger charge is -2.15. The number of carboxylic acids is 1. The Morgan fingerprint density at radius 3 is 2.52 bits per heavy atom. The van der Waals surface area contributed by atoms with Crippen LogP contribution in [-0.2, 0) is 6.42 Å². The Kier molecular flexibility index (Phi) is 6.47. The highest BCUT2D eigenvalue weighted by Gasteiger charge is 2.22. The van der Waals surface area contributed by atoms with E-state index in [1.54, 1.807) is 38.2 Å². The fraction of sp³-hybridized carbons (Fsp3) is 0.333. The molecule has 1 aromatic heterocycles. The highest BCUT2D eigenvalue weighted by Crippen LogP contribution is 2.18. The molecule has 0 saturated carbocycles. The summed E-state index contributed by atoms with van der Waals surface area (Å²) in [7, 11) is 1.64. The topological polar surface area (TPSA) is 80.0 Å². The summed E-state index contributed by atoms with van der Waals surface area (Å²) in [5.74, 6) is -0.402. The number of carboxylic acid groups (broad SMARTS) is 1. The second-order valence-electron chi connectivity index (χ2n) is 5.49. The summed E-state index contributed by atoms with van der Waals surface area (Å²) in [5, 5.41) is 9.76. The summed E-state index contributed by atoms with van der Waals surface area (Å²) < 4.78 is 11.0. The number of nitrogens with zero attached hydrogens (tertiary/aromatic N) is 1. The van der Waals surface area contributed by atoms with Crippen molar-refractivity contribution in [2.24, 2.45) is 0 Å². The van der Waals surface area contributed by atoms with E-state index >= 15 is 0 Å². The first-order valence-corrected chi connectivity index (χ1v) is 8.30. The van der Waals surface area contributed by atoms with E-state index < -0.39 is 5.97 Å². The molecule has 0 saturated heterocycles. The van der Waals surface area contributed by atoms with Crippen LogP contribution in [0, 0.1) is 0 Å². The van der Waals surface area contributed by atoms with Crippen molar-refractivity contribution in [2.45, 2.75) is 19.8 Å². The predicted molar refractivity (Wildman–Crippen MR) is 93.6 cm³/mol. The van der Waals surface area contributed by atoms with E-state index in [0.29, 0.717) is 42.5 Å². The number of amides is 1. The van der Waals surface area contributed by atoms with Crippen LogP contribution in [0.2, 0.25) is 5.02 Å². The molecule has 0 spiro atoms. The number of carbonyl (C=O) groups is 2. The predicted octanol–water partition coefficient (Wildman–Crippen LogP) is 3.73. The standard InChI is InChI=1S/C18H20ClNO5/c1-3-15-14(18(22)23)11-16(25-15)17(21)20(2)9-4-10-24-13-7-5-12(19)6-8-13/h5-8,11H,3-4,9-10H2,1-2H3,(H,22,23). The molecule has 7 heteroatoms. The minimum Gasteiger partial charge on any atom is -0.494 e. The van der Waals surface area contributed by atoms with Gasteiger partial charge in [0.15, 0.2) is 5.76 Å². The van der Waals surface area contributed by atoms with Crippen molar-refractivity contribution in [2.75, 3.05) is 20.2 Å². The van der Waals surface area contributed by atoms with Gasteiger partial charge in [-0.1, -0.05) is 18.5 Å². The number of hydrogen-bond donors (Lipinski definition) is 1. The Labute approximate surface area is 150 Å². The van der Waals surface area contributed by atoms with Gasteiger partial charge in [-0.3, -0.25) is 4.79 Å². The molecule has 6 nitrogen and oxygen atoms in total. The van der Waals surface area contributed by atoms with Gasteiger partial charge < -0.3 is 19.2 Å². The summed E-state index contributed by atoms with van der Waals surface area (Å²) in [6.07, 6.45) is 1.03. The Balaban J connectivity index is 1.85. The van der Waals surface area contributed by atoms with Crippen LogP contribution in [0.5, 0.6) is 5.75 Å². The molecule has 134 valence electrons. The largest absolute Gasteiger partial charge is 0.494 e. The van der Waals surface area contributed by atoms with Gasteiger partial charge in [0, 0.05) is 31.1 Å². The summed E-state index contributed by atoms with van der Waals surface area (Å²) in [5.41, 5.74) is 0.0327. The zero-order valence-electron chi connectivity index (χ0n) is 14.1. The monoisotopic (exact) mass is 365 g/mol. The van der Waals surface area contributed by atoms with Gasteiger partial charge in [-0.25, -0.2) is 4.79 Å². The van der Waals surface area contributed by atoms with Crippen molar-refractivity contribution in [1.82, 2.24) is 4.90 Å². The first-order valence-electron chi connectivity index (χ1n) is 7.92. The molecule has 0 fully saturated rings. The van der Waals surface area contributed by atoms with Crippen LogP contribution in [0.3, 0.4) is 0 Å². The molecule has 0 aliphatic carbocycles. The van der Waals surface area contributed by atoms with E-state index in [2.05, 4.69) is 0 Å². The third kappa shape index (κ3) is 5.00. The van der Waals surface area contributed by atoms with Crippen LogP contribution >= 0.6 is 11.6 Å². The second-order valence-corrected chi connectivity index (χ2v) is 5.93. The molecule has 0 aliphatic rings. The minimum atomic E-state index is -1.10. The molecule has 1 aromatic carbocycles. The van der Waals surface area contributed by atoms with Gasteiger partial charge in [0.2, 0.25) is 0 Å². The van der Waals surface area contributed by atoms with Crippen molar-refractivity contribution in [3.63, 3.8) is 0 Å². The number of hydrogen-bond acceptors (Lipinski definition) is 4. The first kappa shape index (κ1) is 18.9.